The molecule has 1 aliphatic rings. The molecule has 1 aliphatic heterocycles. The van der Waals surface area contributed by atoms with Crippen LogP contribution in [0, 0.1) is 13.8 Å². The van der Waals surface area contributed by atoms with Gasteiger partial charge in [0.1, 0.15) is 11.2 Å². The lowest BCUT2D eigenvalue weighted by atomic mass is 9.91. The number of fused-ring (bicyclic) bond motifs is 1. The molecule has 28 heavy (non-hydrogen) atoms. The standard InChI is InChI=1S/C20H16N4O4/c1-10-7-8-11(2)13(9-10)24-19(26)16(23-21)15(17(25)20(24)27)18-22-12-5-3-4-6-14(12)28-18/h3-9,15H,21H2,1-2H3/b23-16-. The molecule has 0 aliphatic carbocycles. The highest BCUT2D eigenvalue weighted by Crippen LogP contribution is 2.31. The van der Waals surface area contributed by atoms with E-state index in [4.69, 9.17) is 10.3 Å². The summed E-state index contributed by atoms with van der Waals surface area (Å²) in [5.74, 6) is 1.35. The number of nitrogens with two attached hydrogens (primary N) is 1. The molecule has 8 nitrogen and oxygen atoms in total. The molecule has 140 valence electrons. The first-order valence-corrected chi connectivity index (χ1v) is 8.55. The molecule has 0 bridgehead atoms. The fraction of sp³-hybridized carbons (Fsp3) is 0.150. The summed E-state index contributed by atoms with van der Waals surface area (Å²) in [6.07, 6.45) is 0. The van der Waals surface area contributed by atoms with E-state index in [1.54, 1.807) is 43.3 Å². The van der Waals surface area contributed by atoms with Gasteiger partial charge >= 0.3 is 5.91 Å². The highest BCUT2D eigenvalue weighted by atomic mass is 16.3. The Bertz CT molecular complexity index is 1140. The van der Waals surface area contributed by atoms with Crippen molar-refractivity contribution in [3.63, 3.8) is 0 Å². The zero-order valence-electron chi connectivity index (χ0n) is 15.2. The number of nitrogens with zero attached hydrogens (tertiary/aromatic N) is 3. The normalized spacial score (nSPS) is 19.1. The van der Waals surface area contributed by atoms with Crippen molar-refractivity contribution < 1.29 is 18.8 Å². The number of hydrogen-bond donors (Lipinski definition) is 1. The quantitative estimate of drug-likeness (QED) is 0.316. The number of imide groups is 1. The monoisotopic (exact) mass is 376 g/mol. The zero-order chi connectivity index (χ0) is 20.0. The number of piperidine rings is 1. The lowest BCUT2D eigenvalue weighted by Crippen LogP contribution is -2.55. The van der Waals surface area contributed by atoms with E-state index in [0.29, 0.717) is 22.4 Å². The Morgan fingerprint density at radius 3 is 2.54 bits per heavy atom. The maximum atomic E-state index is 13.0. The van der Waals surface area contributed by atoms with Gasteiger partial charge in [0.2, 0.25) is 11.7 Å². The van der Waals surface area contributed by atoms with Crippen LogP contribution in [-0.4, -0.2) is 28.3 Å². The van der Waals surface area contributed by atoms with Crippen molar-refractivity contribution in [2.24, 2.45) is 10.9 Å². The van der Waals surface area contributed by atoms with Crippen molar-refractivity contribution in [1.82, 2.24) is 4.98 Å². The van der Waals surface area contributed by atoms with Crippen LogP contribution in [-0.2, 0) is 14.4 Å². The molecule has 2 N–H and O–H groups in total. The molecule has 2 heterocycles. The fourth-order valence-corrected chi connectivity index (χ4v) is 3.24. The van der Waals surface area contributed by atoms with Crippen LogP contribution in [0.5, 0.6) is 0 Å². The van der Waals surface area contributed by atoms with Gasteiger partial charge in [0.05, 0.1) is 5.69 Å². The minimum atomic E-state index is -1.38. The van der Waals surface area contributed by atoms with Crippen molar-refractivity contribution in [1.29, 1.82) is 0 Å². The van der Waals surface area contributed by atoms with Crippen LogP contribution in [0.2, 0.25) is 0 Å². The van der Waals surface area contributed by atoms with Gasteiger partial charge in [-0.3, -0.25) is 14.4 Å². The third kappa shape index (κ3) is 2.58. The van der Waals surface area contributed by atoms with Gasteiger partial charge in [0.25, 0.3) is 5.91 Å². The minimum absolute atomic E-state index is 0.0854. The molecule has 0 radical (unpaired) electrons. The average Bonchev–Trinajstić information content (AvgIpc) is 3.10. The van der Waals surface area contributed by atoms with E-state index < -0.39 is 23.5 Å². The summed E-state index contributed by atoms with van der Waals surface area (Å²) in [4.78, 5) is 43.9. The van der Waals surface area contributed by atoms with E-state index in [1.165, 1.54) is 0 Å². The predicted molar refractivity (Wildman–Crippen MR) is 102 cm³/mol. The summed E-state index contributed by atoms with van der Waals surface area (Å²) < 4.78 is 5.60. The molecule has 4 rings (SSSR count). The van der Waals surface area contributed by atoms with Gasteiger partial charge in [-0.2, -0.15) is 5.10 Å². The number of aryl methyl sites for hydroxylation is 2. The smallest absolute Gasteiger partial charge is 0.302 e. The first-order valence-electron chi connectivity index (χ1n) is 8.55. The van der Waals surface area contributed by atoms with Gasteiger partial charge in [-0.25, -0.2) is 9.88 Å². The number of rotatable bonds is 2. The number of carbonyl (C=O) groups is 3. The van der Waals surface area contributed by atoms with Crippen LogP contribution in [0.25, 0.3) is 11.1 Å². The van der Waals surface area contributed by atoms with Crippen molar-refractivity contribution in [3.05, 3.63) is 59.5 Å². The highest BCUT2D eigenvalue weighted by Gasteiger charge is 2.49. The van der Waals surface area contributed by atoms with Crippen LogP contribution in [0.3, 0.4) is 0 Å². The Kier molecular flexibility index (Phi) is 4.03. The number of para-hydroxylation sites is 2. The van der Waals surface area contributed by atoms with E-state index in [9.17, 15) is 14.4 Å². The average molecular weight is 376 g/mol. The zero-order valence-corrected chi connectivity index (χ0v) is 15.2. The number of Topliss-reactive ketones (excluding diaryl/α,β-unsaturated/α-hetero) is 1. The Balaban J connectivity index is 1.83. The number of hydrazone groups is 1. The third-order valence-corrected chi connectivity index (χ3v) is 4.67. The molecule has 2 aromatic carbocycles. The fourth-order valence-electron chi connectivity index (χ4n) is 3.24. The molecular weight excluding hydrogens is 360 g/mol. The number of benzene rings is 2. The lowest BCUT2D eigenvalue weighted by molar-refractivity contribution is -0.139. The number of carbonyl (C=O) groups excluding carboxylic acids is 3. The minimum Gasteiger partial charge on any atom is -0.439 e. The first-order chi connectivity index (χ1) is 13.4. The molecule has 0 spiro atoms. The third-order valence-electron chi connectivity index (χ3n) is 4.67. The van der Waals surface area contributed by atoms with Gasteiger partial charge in [0, 0.05) is 0 Å². The van der Waals surface area contributed by atoms with Crippen molar-refractivity contribution in [3.8, 4) is 0 Å². The predicted octanol–water partition coefficient (Wildman–Crippen LogP) is 1.99. The molecule has 0 saturated carbocycles. The Morgan fingerprint density at radius 1 is 1.07 bits per heavy atom. The molecule has 1 atom stereocenters. The number of anilines is 1. The summed E-state index contributed by atoms with van der Waals surface area (Å²) in [6.45, 7) is 3.56. The number of aromatic nitrogens is 1. The van der Waals surface area contributed by atoms with E-state index >= 15 is 0 Å². The molecule has 2 amide bonds. The first kappa shape index (κ1) is 17.6. The Labute approximate surface area is 159 Å². The van der Waals surface area contributed by atoms with Crippen LogP contribution < -0.4 is 10.7 Å². The molecule has 1 fully saturated rings. The summed E-state index contributed by atoms with van der Waals surface area (Å²) in [6, 6.07) is 12.1. The number of ketones is 1. The summed E-state index contributed by atoms with van der Waals surface area (Å²) in [7, 11) is 0. The van der Waals surface area contributed by atoms with Crippen LogP contribution in [0.1, 0.15) is 22.9 Å². The summed E-state index contributed by atoms with van der Waals surface area (Å²) >= 11 is 0. The van der Waals surface area contributed by atoms with E-state index in [-0.39, 0.29) is 11.6 Å². The van der Waals surface area contributed by atoms with Gasteiger partial charge in [0.15, 0.2) is 11.5 Å². The molecule has 1 unspecified atom stereocenters. The van der Waals surface area contributed by atoms with Crippen molar-refractivity contribution in [2.45, 2.75) is 19.8 Å². The van der Waals surface area contributed by atoms with Crippen LogP contribution >= 0.6 is 0 Å². The van der Waals surface area contributed by atoms with Crippen LogP contribution in [0.4, 0.5) is 5.69 Å². The molecule has 1 aromatic heterocycles. The molecule has 8 heteroatoms. The second kappa shape index (κ2) is 6.41. The molecule has 3 aromatic rings. The lowest BCUT2D eigenvalue weighted by Gasteiger charge is -2.29. The summed E-state index contributed by atoms with van der Waals surface area (Å²) in [5.41, 5.74) is 2.45. The maximum absolute atomic E-state index is 13.0. The number of amides is 2. The van der Waals surface area contributed by atoms with Crippen molar-refractivity contribution in [2.75, 3.05) is 4.90 Å². The Morgan fingerprint density at radius 2 is 1.82 bits per heavy atom. The van der Waals surface area contributed by atoms with E-state index in [1.807, 2.05) is 13.0 Å². The number of hydrogen-bond acceptors (Lipinski definition) is 7. The molecular formula is C20H16N4O4. The van der Waals surface area contributed by atoms with E-state index in [0.717, 1.165) is 10.5 Å². The SMILES string of the molecule is Cc1ccc(C)c(N2C(=O)C(=O)C(c3nc4ccccc4o3)/C(=N/N)C2=O)c1. The van der Waals surface area contributed by atoms with Gasteiger partial charge in [-0.15, -0.1) is 0 Å². The molecule has 1 saturated heterocycles. The second-order valence-electron chi connectivity index (χ2n) is 6.57. The van der Waals surface area contributed by atoms with Gasteiger partial charge in [-0.1, -0.05) is 24.3 Å². The largest absolute Gasteiger partial charge is 0.439 e. The van der Waals surface area contributed by atoms with E-state index in [2.05, 4.69) is 10.1 Å². The van der Waals surface area contributed by atoms with Crippen LogP contribution in [0.15, 0.2) is 52.0 Å². The van der Waals surface area contributed by atoms with Crippen molar-refractivity contribution >= 4 is 40.1 Å². The second-order valence-corrected chi connectivity index (χ2v) is 6.57. The Hall–Kier alpha value is -3.81. The van der Waals surface area contributed by atoms with Gasteiger partial charge < -0.3 is 10.3 Å². The number of oxazole rings is 1. The maximum Gasteiger partial charge on any atom is 0.302 e. The van der Waals surface area contributed by atoms with Gasteiger partial charge in [-0.05, 0) is 43.2 Å². The highest BCUT2D eigenvalue weighted by molar-refractivity contribution is 6.67. The summed E-state index contributed by atoms with van der Waals surface area (Å²) in [5, 5.41) is 3.52. The topological polar surface area (TPSA) is 119 Å².